The predicted molar refractivity (Wildman–Crippen MR) is 308 cm³/mol. The maximum atomic E-state index is 13.1. The van der Waals surface area contributed by atoms with Gasteiger partial charge in [-0.15, -0.1) is 0 Å². The molecule has 2 fully saturated rings. The van der Waals surface area contributed by atoms with E-state index in [4.69, 9.17) is 29.8 Å². The minimum Gasteiger partial charge on any atom is -0.481 e. The van der Waals surface area contributed by atoms with Gasteiger partial charge in [-0.05, 0) is 115 Å². The average molecular weight is 1080 g/mol. The Morgan fingerprint density at radius 1 is 0.519 bits per heavy atom. The first-order chi connectivity index (χ1) is 38.5. The van der Waals surface area contributed by atoms with Gasteiger partial charge in [0.2, 0.25) is 0 Å². The van der Waals surface area contributed by atoms with Crippen LogP contribution >= 0.6 is 0 Å². The average Bonchev–Trinajstić information content (AvgIpc) is 4.36. The van der Waals surface area contributed by atoms with Crippen molar-refractivity contribution in [2.45, 2.75) is 153 Å². The monoisotopic (exact) mass is 1080 g/mol. The van der Waals surface area contributed by atoms with E-state index >= 15 is 0 Å². The van der Waals surface area contributed by atoms with Gasteiger partial charge in [0.05, 0.1) is 5.41 Å². The molecule has 4 aromatic carbocycles. The quantitative estimate of drug-likeness (QED) is 0.0202. The van der Waals surface area contributed by atoms with E-state index in [0.29, 0.717) is 64.2 Å². The van der Waals surface area contributed by atoms with Crippen molar-refractivity contribution in [3.8, 4) is 22.3 Å². The number of carboxylic acids is 1. The molecule has 1 amide bonds. The Kier molecular flexibility index (Phi) is 25.1. The number of nitrogens with one attached hydrogen (secondary N) is 1. The highest BCUT2D eigenvalue weighted by Gasteiger charge is 2.43. The van der Waals surface area contributed by atoms with Gasteiger partial charge in [-0.2, -0.15) is 0 Å². The van der Waals surface area contributed by atoms with E-state index in [0.717, 1.165) is 103 Å². The molecule has 13 nitrogen and oxygen atoms in total. The van der Waals surface area contributed by atoms with E-state index in [1.165, 1.54) is 50.6 Å². The summed E-state index contributed by atoms with van der Waals surface area (Å²) in [4.78, 5) is 71.8. The number of benzene rings is 4. The Labute approximate surface area is 468 Å². The highest BCUT2D eigenvalue weighted by molar-refractivity contribution is 5.86. The van der Waals surface area contributed by atoms with E-state index in [9.17, 15) is 28.8 Å². The lowest BCUT2D eigenvalue weighted by molar-refractivity contribution is -0.155. The van der Waals surface area contributed by atoms with E-state index in [2.05, 4.69) is 79.1 Å². The molecule has 4 N–H and O–H groups in total. The number of rotatable bonds is 29. The minimum absolute atomic E-state index is 0.0309. The molecule has 13 heteroatoms. The smallest absolute Gasteiger partial charge is 0.407 e. The van der Waals surface area contributed by atoms with Crippen molar-refractivity contribution in [2.24, 2.45) is 16.6 Å². The fraction of sp³-hybridized carbons (Fsp3) is 0.485. The third-order valence-corrected chi connectivity index (χ3v) is 16.1. The number of alkyl carbamates (subject to hydrolysis) is 1. The van der Waals surface area contributed by atoms with Crippen molar-refractivity contribution in [1.29, 1.82) is 0 Å². The molecule has 0 heterocycles. The van der Waals surface area contributed by atoms with Gasteiger partial charge in [0.25, 0.3) is 0 Å². The molecule has 0 aliphatic heterocycles. The maximum absolute atomic E-state index is 13.1. The van der Waals surface area contributed by atoms with Gasteiger partial charge >= 0.3 is 30.0 Å². The summed E-state index contributed by atoms with van der Waals surface area (Å²) in [7, 11) is 0. The van der Waals surface area contributed by atoms with Crippen LogP contribution < -0.4 is 11.1 Å². The summed E-state index contributed by atoms with van der Waals surface area (Å²) in [5.74, 6) is -0.975. The summed E-state index contributed by atoms with van der Waals surface area (Å²) in [5, 5.41) is 11.5. The molecule has 4 aliphatic rings. The van der Waals surface area contributed by atoms with E-state index < -0.39 is 11.4 Å². The Balaban J connectivity index is 0.000000213. The van der Waals surface area contributed by atoms with Gasteiger partial charge in [0, 0.05) is 49.5 Å². The van der Waals surface area contributed by atoms with Gasteiger partial charge in [-0.3, -0.25) is 24.0 Å². The summed E-state index contributed by atoms with van der Waals surface area (Å²) in [6.07, 6.45) is 20.0. The fourth-order valence-electron chi connectivity index (χ4n) is 11.9. The Hall–Kier alpha value is -6.86. The molecule has 424 valence electrons. The summed E-state index contributed by atoms with van der Waals surface area (Å²) in [6, 6.07) is 33.4. The molecule has 79 heavy (non-hydrogen) atoms. The van der Waals surface area contributed by atoms with Gasteiger partial charge < -0.3 is 35.1 Å². The summed E-state index contributed by atoms with van der Waals surface area (Å²) < 4.78 is 21.3. The molecule has 0 radical (unpaired) electrons. The topological polar surface area (TPSA) is 198 Å². The first kappa shape index (κ1) is 61.4. The van der Waals surface area contributed by atoms with Gasteiger partial charge in [-0.1, -0.05) is 174 Å². The molecule has 4 aliphatic carbocycles. The van der Waals surface area contributed by atoms with Crippen LogP contribution in [0.2, 0.25) is 0 Å². The SMILES string of the molecule is C=CCOC(=O)C1(CCC(=O)O)CCCC1.C=CCOC(=O)CCC1(C(=O)CCCCCCCC(=O)OCC2c3ccccc3-c3ccccc32)CCCC1.NCCCCCNC(=O)OCC1c2ccccc2-c2ccccc21. The van der Waals surface area contributed by atoms with Crippen molar-refractivity contribution in [3.05, 3.63) is 145 Å². The largest absolute Gasteiger partial charge is 0.481 e. The first-order valence-electron chi connectivity index (χ1n) is 28.9. The molecular weight excluding hydrogens is 997 g/mol. The number of nitrogens with two attached hydrogens (primary N) is 1. The number of ether oxygens (including phenoxy) is 4. The maximum Gasteiger partial charge on any atom is 0.407 e. The molecular formula is C66H84N2O11. The molecule has 2 saturated carbocycles. The standard InChI is InChI=1S/C34H42O5.C20H24N2O2.C12H18O4/c1-2-24-38-33(37)20-23-34(21-12-13-22-34)31(35)18-6-4-3-5-7-19-32(36)39-25-30-28-16-10-8-14-26(28)27-15-9-11-17-29(27)30;21-12-6-1-7-13-22-20(23)24-14-19-17-10-4-2-8-15(17)16-9-3-5-11-18(16)19;1-2-9-16-11(15)12(6-3-4-7-12)8-5-10(13)14/h2,8-11,14-17,30H,1,3-7,12-13,18-25H2;2-5,8-11,19H,1,6-7,12-14,21H2,(H,22,23);2H,1,3-9H2,(H,13,14). The number of ketones is 1. The number of esters is 3. The number of carbonyl (C=O) groups excluding carboxylic acids is 5. The predicted octanol–water partition coefficient (Wildman–Crippen LogP) is 13.5. The normalized spacial score (nSPS) is 15.1. The highest BCUT2D eigenvalue weighted by Crippen LogP contribution is 2.47. The first-order valence-corrected chi connectivity index (χ1v) is 28.9. The van der Waals surface area contributed by atoms with Gasteiger partial charge in [0.15, 0.2) is 0 Å². The van der Waals surface area contributed by atoms with Crippen molar-refractivity contribution in [1.82, 2.24) is 5.32 Å². The molecule has 0 spiro atoms. The summed E-state index contributed by atoms with van der Waals surface area (Å²) in [5.41, 5.74) is 14.4. The number of fused-ring (bicyclic) bond motifs is 6. The Morgan fingerprint density at radius 3 is 1.46 bits per heavy atom. The van der Waals surface area contributed by atoms with Crippen molar-refractivity contribution < 1.29 is 52.8 Å². The zero-order chi connectivity index (χ0) is 56.3. The van der Waals surface area contributed by atoms with Crippen LogP contribution in [0.4, 0.5) is 4.79 Å². The van der Waals surface area contributed by atoms with E-state index in [1.54, 1.807) is 6.08 Å². The lowest BCUT2D eigenvalue weighted by Gasteiger charge is -2.27. The van der Waals surface area contributed by atoms with Crippen molar-refractivity contribution in [2.75, 3.05) is 39.5 Å². The third kappa shape index (κ3) is 17.8. The van der Waals surface area contributed by atoms with E-state index in [-0.39, 0.29) is 60.9 Å². The number of Topliss-reactive ketones (excluding diaryl/α,β-unsaturated/α-hetero) is 1. The Bertz CT molecular complexity index is 2560. The molecule has 0 atom stereocenters. The van der Waals surface area contributed by atoms with Crippen LogP contribution in [-0.4, -0.2) is 80.4 Å². The van der Waals surface area contributed by atoms with Crippen molar-refractivity contribution in [3.63, 3.8) is 0 Å². The lowest BCUT2D eigenvalue weighted by atomic mass is 9.76. The molecule has 8 rings (SSSR count). The highest BCUT2D eigenvalue weighted by atomic mass is 16.6. The number of hydrogen-bond donors (Lipinski definition) is 3. The lowest BCUT2D eigenvalue weighted by Crippen LogP contribution is -2.31. The van der Waals surface area contributed by atoms with Crippen LogP contribution in [0.25, 0.3) is 22.3 Å². The Morgan fingerprint density at radius 2 is 0.949 bits per heavy atom. The van der Waals surface area contributed by atoms with Crippen LogP contribution in [0.1, 0.15) is 175 Å². The number of carboxylic acid groups (broad SMARTS) is 1. The van der Waals surface area contributed by atoms with Crippen LogP contribution in [-0.2, 0) is 42.9 Å². The molecule has 0 unspecified atom stereocenters. The fourth-order valence-corrected chi connectivity index (χ4v) is 11.9. The summed E-state index contributed by atoms with van der Waals surface area (Å²) >= 11 is 0. The van der Waals surface area contributed by atoms with Gasteiger partial charge in [-0.25, -0.2) is 4.79 Å². The summed E-state index contributed by atoms with van der Waals surface area (Å²) in [6.45, 7) is 9.55. The number of hydrogen-bond acceptors (Lipinski definition) is 11. The molecule has 0 bridgehead atoms. The third-order valence-electron chi connectivity index (χ3n) is 16.1. The molecule has 0 aromatic heterocycles. The van der Waals surface area contributed by atoms with Crippen LogP contribution in [0.5, 0.6) is 0 Å². The van der Waals surface area contributed by atoms with Crippen LogP contribution in [0.3, 0.4) is 0 Å². The number of aliphatic carboxylic acids is 1. The van der Waals surface area contributed by atoms with Crippen LogP contribution in [0.15, 0.2) is 122 Å². The second kappa shape index (κ2) is 32.3. The second-order valence-corrected chi connectivity index (χ2v) is 21.4. The second-order valence-electron chi connectivity index (χ2n) is 21.4. The molecule has 4 aromatic rings. The van der Waals surface area contributed by atoms with Gasteiger partial charge in [0.1, 0.15) is 32.2 Å². The number of unbranched alkanes of at least 4 members (excludes halogenated alkanes) is 6. The number of carbonyl (C=O) groups is 6. The van der Waals surface area contributed by atoms with E-state index in [1.807, 2.05) is 36.4 Å². The van der Waals surface area contributed by atoms with Crippen LogP contribution in [0, 0.1) is 10.8 Å². The molecule has 0 saturated heterocycles. The number of amides is 1. The van der Waals surface area contributed by atoms with Crippen molar-refractivity contribution >= 4 is 35.8 Å². The zero-order valence-electron chi connectivity index (χ0n) is 46.4. The zero-order valence-corrected chi connectivity index (χ0v) is 46.4. The minimum atomic E-state index is -0.859.